The lowest BCUT2D eigenvalue weighted by Gasteiger charge is -2.28. The lowest BCUT2D eigenvalue weighted by molar-refractivity contribution is -0.135. The zero-order valence-corrected chi connectivity index (χ0v) is 14.1. The van der Waals surface area contributed by atoms with Crippen molar-refractivity contribution in [3.05, 3.63) is 63.7 Å². The number of aryl methyl sites for hydroxylation is 1. The maximum absolute atomic E-state index is 12.7. The number of aromatic hydroxyl groups is 1. The molecule has 1 aromatic heterocycles. The third kappa shape index (κ3) is 3.91. The van der Waals surface area contributed by atoms with Crippen LogP contribution in [0.2, 0.25) is 0 Å². The molecule has 0 spiro atoms. The van der Waals surface area contributed by atoms with E-state index in [0.717, 1.165) is 5.56 Å². The van der Waals surface area contributed by atoms with Crippen LogP contribution >= 0.6 is 0 Å². The van der Waals surface area contributed by atoms with Gasteiger partial charge in [0.05, 0.1) is 19.1 Å². The molecule has 132 valence electrons. The molecule has 2 aromatic rings. The highest BCUT2D eigenvalue weighted by Gasteiger charge is 2.28. The Hall–Kier alpha value is -2.60. The first kappa shape index (κ1) is 17.2. The molecule has 1 saturated heterocycles. The summed E-state index contributed by atoms with van der Waals surface area (Å²) in [5.74, 6) is -0.477. The molecule has 0 bridgehead atoms. The largest absolute Gasteiger partial charge is 0.502 e. The van der Waals surface area contributed by atoms with E-state index in [1.54, 1.807) is 11.8 Å². The Kier molecular flexibility index (Phi) is 5.19. The molecule has 0 radical (unpaired) electrons. The number of rotatable bonds is 4. The lowest BCUT2D eigenvalue weighted by atomic mass is 9.91. The summed E-state index contributed by atoms with van der Waals surface area (Å²) in [6.07, 6.45) is 0.115. The van der Waals surface area contributed by atoms with E-state index in [1.807, 2.05) is 30.3 Å². The summed E-state index contributed by atoms with van der Waals surface area (Å²) in [6, 6.07) is 10.5. The molecule has 1 fully saturated rings. The molecule has 6 nitrogen and oxygen atoms in total. The predicted molar refractivity (Wildman–Crippen MR) is 91.7 cm³/mol. The number of ether oxygens (including phenoxy) is 1. The quantitative estimate of drug-likeness (QED) is 0.919. The average Bonchev–Trinajstić information content (AvgIpc) is 2.64. The molecule has 0 saturated carbocycles. The number of hydrogen-bond acceptors (Lipinski definition) is 5. The molecule has 0 aliphatic carbocycles. The SMILES string of the molecule is Cc1cc(=O)c(O)c([C@H](CC(=O)N2CCOCC2)c2ccccc2)o1. The summed E-state index contributed by atoms with van der Waals surface area (Å²) in [6.45, 7) is 3.78. The molecule has 1 N–H and O–H groups in total. The number of amides is 1. The summed E-state index contributed by atoms with van der Waals surface area (Å²) in [4.78, 5) is 26.4. The molecule has 6 heteroatoms. The Bertz CT molecular complexity index is 793. The predicted octanol–water partition coefficient (Wildman–Crippen LogP) is 2.03. The molecule has 1 atom stereocenters. The third-order valence-electron chi connectivity index (χ3n) is 4.33. The van der Waals surface area contributed by atoms with Crippen molar-refractivity contribution in [1.29, 1.82) is 0 Å². The van der Waals surface area contributed by atoms with Crippen LogP contribution in [0.5, 0.6) is 5.75 Å². The van der Waals surface area contributed by atoms with Crippen LogP contribution in [0.25, 0.3) is 0 Å². The van der Waals surface area contributed by atoms with Crippen molar-refractivity contribution in [3.63, 3.8) is 0 Å². The molecular weight excluding hydrogens is 322 g/mol. The minimum atomic E-state index is -0.524. The standard InChI is InChI=1S/C19H21NO5/c1-13-11-16(21)18(23)19(25-13)15(14-5-3-2-4-6-14)12-17(22)20-7-9-24-10-8-20/h2-6,11,15,23H,7-10,12H2,1H3/t15-/m1/s1. The van der Waals surface area contributed by atoms with Crippen LogP contribution in [0.1, 0.15) is 29.4 Å². The highest BCUT2D eigenvalue weighted by Crippen LogP contribution is 2.33. The van der Waals surface area contributed by atoms with E-state index in [0.29, 0.717) is 32.1 Å². The Morgan fingerprint density at radius 2 is 1.92 bits per heavy atom. The molecule has 1 aromatic carbocycles. The normalized spacial score (nSPS) is 15.8. The molecule has 1 aliphatic rings. The fourth-order valence-electron chi connectivity index (χ4n) is 3.03. The number of morpholine rings is 1. The average molecular weight is 343 g/mol. The van der Waals surface area contributed by atoms with Crippen molar-refractivity contribution >= 4 is 5.91 Å². The Morgan fingerprint density at radius 3 is 2.60 bits per heavy atom. The Labute approximate surface area is 145 Å². The lowest BCUT2D eigenvalue weighted by Crippen LogP contribution is -2.41. The first-order chi connectivity index (χ1) is 12.1. The van der Waals surface area contributed by atoms with Crippen LogP contribution in [-0.4, -0.2) is 42.2 Å². The number of benzene rings is 1. The molecule has 1 amide bonds. The number of carbonyl (C=O) groups excluding carboxylic acids is 1. The van der Waals surface area contributed by atoms with Crippen molar-refractivity contribution < 1.29 is 19.1 Å². The second-order valence-corrected chi connectivity index (χ2v) is 6.09. The van der Waals surface area contributed by atoms with Gasteiger partial charge in [-0.15, -0.1) is 0 Å². The van der Waals surface area contributed by atoms with Crippen molar-refractivity contribution in [2.24, 2.45) is 0 Å². The molecule has 1 aliphatic heterocycles. The van der Waals surface area contributed by atoms with Crippen LogP contribution in [0.3, 0.4) is 0 Å². The van der Waals surface area contributed by atoms with Crippen LogP contribution in [0.15, 0.2) is 45.6 Å². The smallest absolute Gasteiger partial charge is 0.227 e. The van der Waals surface area contributed by atoms with E-state index < -0.39 is 17.1 Å². The van der Waals surface area contributed by atoms with Gasteiger partial charge in [-0.25, -0.2) is 0 Å². The molecule has 2 heterocycles. The van der Waals surface area contributed by atoms with Gasteiger partial charge in [0.2, 0.25) is 17.1 Å². The Morgan fingerprint density at radius 1 is 1.24 bits per heavy atom. The van der Waals surface area contributed by atoms with Crippen molar-refractivity contribution in [2.75, 3.05) is 26.3 Å². The van der Waals surface area contributed by atoms with Crippen LogP contribution in [0.4, 0.5) is 0 Å². The molecule has 0 unspecified atom stereocenters. The molecular formula is C19H21NO5. The van der Waals surface area contributed by atoms with Crippen molar-refractivity contribution in [2.45, 2.75) is 19.3 Å². The highest BCUT2D eigenvalue weighted by molar-refractivity contribution is 5.78. The van der Waals surface area contributed by atoms with Gasteiger partial charge in [-0.3, -0.25) is 9.59 Å². The van der Waals surface area contributed by atoms with Gasteiger partial charge in [0.25, 0.3) is 0 Å². The second-order valence-electron chi connectivity index (χ2n) is 6.09. The van der Waals surface area contributed by atoms with E-state index >= 15 is 0 Å². The highest BCUT2D eigenvalue weighted by atomic mass is 16.5. The molecule has 3 rings (SSSR count). The van der Waals surface area contributed by atoms with E-state index in [9.17, 15) is 14.7 Å². The number of carbonyl (C=O) groups is 1. The van der Waals surface area contributed by atoms with Gasteiger partial charge in [0.15, 0.2) is 5.76 Å². The zero-order chi connectivity index (χ0) is 17.8. The summed E-state index contributed by atoms with van der Waals surface area (Å²) < 4.78 is 10.9. The van der Waals surface area contributed by atoms with Crippen molar-refractivity contribution in [3.8, 4) is 5.75 Å². The van der Waals surface area contributed by atoms with Gasteiger partial charge in [0, 0.05) is 25.6 Å². The number of hydrogen-bond donors (Lipinski definition) is 1. The van der Waals surface area contributed by atoms with Gasteiger partial charge < -0.3 is 19.2 Å². The summed E-state index contributed by atoms with van der Waals surface area (Å²) in [5.41, 5.74) is 0.312. The molecule has 25 heavy (non-hydrogen) atoms. The first-order valence-electron chi connectivity index (χ1n) is 8.30. The summed E-state index contributed by atoms with van der Waals surface area (Å²) >= 11 is 0. The van der Waals surface area contributed by atoms with Gasteiger partial charge >= 0.3 is 0 Å². The zero-order valence-electron chi connectivity index (χ0n) is 14.1. The minimum Gasteiger partial charge on any atom is -0.502 e. The van der Waals surface area contributed by atoms with E-state index in [4.69, 9.17) is 9.15 Å². The third-order valence-corrected chi connectivity index (χ3v) is 4.33. The van der Waals surface area contributed by atoms with Gasteiger partial charge in [-0.05, 0) is 12.5 Å². The van der Waals surface area contributed by atoms with Gasteiger partial charge in [0.1, 0.15) is 5.76 Å². The first-order valence-corrected chi connectivity index (χ1v) is 8.30. The monoisotopic (exact) mass is 343 g/mol. The van der Waals surface area contributed by atoms with Gasteiger partial charge in [-0.2, -0.15) is 0 Å². The maximum Gasteiger partial charge on any atom is 0.227 e. The topological polar surface area (TPSA) is 80.0 Å². The Balaban J connectivity index is 1.96. The fourth-order valence-corrected chi connectivity index (χ4v) is 3.03. The second kappa shape index (κ2) is 7.53. The van der Waals surface area contributed by atoms with Crippen LogP contribution in [-0.2, 0) is 9.53 Å². The van der Waals surface area contributed by atoms with Gasteiger partial charge in [-0.1, -0.05) is 30.3 Å². The van der Waals surface area contributed by atoms with E-state index in [-0.39, 0.29) is 18.1 Å². The maximum atomic E-state index is 12.7. The summed E-state index contributed by atoms with van der Waals surface area (Å²) in [7, 11) is 0. The fraction of sp³-hybridized carbons (Fsp3) is 0.368. The van der Waals surface area contributed by atoms with E-state index in [2.05, 4.69) is 0 Å². The number of nitrogens with zero attached hydrogens (tertiary/aromatic N) is 1. The van der Waals surface area contributed by atoms with E-state index in [1.165, 1.54) is 6.07 Å². The summed E-state index contributed by atoms with van der Waals surface area (Å²) in [5, 5.41) is 10.2. The van der Waals surface area contributed by atoms with Crippen LogP contribution in [0, 0.1) is 6.92 Å². The minimum absolute atomic E-state index is 0.0549. The van der Waals surface area contributed by atoms with Crippen molar-refractivity contribution in [1.82, 2.24) is 4.90 Å². The van der Waals surface area contributed by atoms with Crippen LogP contribution < -0.4 is 5.43 Å².